The molecule has 2 aromatic rings. The highest BCUT2D eigenvalue weighted by Crippen LogP contribution is 2.33. The third-order valence-corrected chi connectivity index (χ3v) is 4.22. The minimum atomic E-state index is -1.01. The first-order valence-electron chi connectivity index (χ1n) is 6.05. The average Bonchev–Trinajstić information content (AvgIpc) is 2.88. The fourth-order valence-corrected chi connectivity index (χ4v) is 3.11. The van der Waals surface area contributed by atoms with E-state index >= 15 is 0 Å². The third-order valence-electron chi connectivity index (χ3n) is 2.62. The van der Waals surface area contributed by atoms with Gasteiger partial charge >= 0.3 is 5.97 Å². The van der Waals surface area contributed by atoms with Crippen LogP contribution in [0.3, 0.4) is 0 Å². The van der Waals surface area contributed by atoms with E-state index in [0.29, 0.717) is 23.7 Å². The molecular weight excluding hydrogens is 356 g/mol. The molecule has 110 valence electrons. The number of rotatable bonds is 6. The highest BCUT2D eigenvalue weighted by Gasteiger charge is 2.10. The zero-order valence-corrected chi connectivity index (χ0v) is 13.6. The summed E-state index contributed by atoms with van der Waals surface area (Å²) in [6.07, 6.45) is 2.56. The van der Waals surface area contributed by atoms with Gasteiger partial charge in [-0.15, -0.1) is 11.3 Å². The Balaban J connectivity index is 2.24. The lowest BCUT2D eigenvalue weighted by Crippen LogP contribution is -1.98. The molecule has 4 nitrogen and oxygen atoms in total. The van der Waals surface area contributed by atoms with E-state index in [0.717, 1.165) is 14.7 Å². The lowest BCUT2D eigenvalue weighted by Gasteiger charge is -2.12. The highest BCUT2D eigenvalue weighted by molar-refractivity contribution is 9.11. The normalized spacial score (nSPS) is 10.8. The van der Waals surface area contributed by atoms with Gasteiger partial charge in [0.1, 0.15) is 6.61 Å². The van der Waals surface area contributed by atoms with Gasteiger partial charge in [-0.05, 0) is 40.2 Å². The summed E-state index contributed by atoms with van der Waals surface area (Å²) < 4.78 is 12.1. The average molecular weight is 369 g/mol. The molecular formula is C15H13BrO4S. The number of aliphatic carboxylic acids is 1. The molecule has 21 heavy (non-hydrogen) atoms. The van der Waals surface area contributed by atoms with Gasteiger partial charge in [0.2, 0.25) is 0 Å². The third kappa shape index (κ3) is 4.34. The van der Waals surface area contributed by atoms with Crippen LogP contribution in [0.4, 0.5) is 0 Å². The molecule has 1 aromatic heterocycles. The van der Waals surface area contributed by atoms with Crippen LogP contribution < -0.4 is 9.47 Å². The summed E-state index contributed by atoms with van der Waals surface area (Å²) >= 11 is 4.99. The second-order valence-corrected chi connectivity index (χ2v) is 6.59. The summed E-state index contributed by atoms with van der Waals surface area (Å²) in [6, 6.07) is 9.27. The Morgan fingerprint density at radius 1 is 1.38 bits per heavy atom. The highest BCUT2D eigenvalue weighted by atomic mass is 79.9. The summed E-state index contributed by atoms with van der Waals surface area (Å²) in [4.78, 5) is 11.7. The number of para-hydroxylation sites is 1. The molecule has 6 heteroatoms. The van der Waals surface area contributed by atoms with Gasteiger partial charge in [-0.25, -0.2) is 4.79 Å². The summed E-state index contributed by atoms with van der Waals surface area (Å²) in [6.45, 7) is 0.393. The van der Waals surface area contributed by atoms with Crippen molar-refractivity contribution in [2.75, 3.05) is 7.11 Å². The van der Waals surface area contributed by atoms with Gasteiger partial charge < -0.3 is 14.6 Å². The number of carboxylic acid groups (broad SMARTS) is 1. The number of benzene rings is 1. The van der Waals surface area contributed by atoms with Crippen LogP contribution in [0.15, 0.2) is 40.2 Å². The molecule has 0 aliphatic carbocycles. The summed E-state index contributed by atoms with van der Waals surface area (Å²) in [5.41, 5.74) is 0.660. The standard InChI is InChI=1S/C15H13BrO4S/c1-19-12-4-2-3-10(5-8-14(17)18)15(12)20-9-11-6-7-13(16)21-11/h2-8H,9H2,1H3,(H,17,18)/b8-5+. The van der Waals surface area contributed by atoms with Crippen LogP contribution in [-0.4, -0.2) is 18.2 Å². The lowest BCUT2D eigenvalue weighted by molar-refractivity contribution is -0.131. The van der Waals surface area contributed by atoms with Crippen LogP contribution in [0.25, 0.3) is 6.08 Å². The molecule has 0 aliphatic rings. The molecule has 0 radical (unpaired) electrons. The van der Waals surface area contributed by atoms with Crippen LogP contribution in [0.1, 0.15) is 10.4 Å². The first-order chi connectivity index (χ1) is 10.1. The fourth-order valence-electron chi connectivity index (χ4n) is 1.71. The molecule has 1 aromatic carbocycles. The van der Waals surface area contributed by atoms with Crippen molar-refractivity contribution in [1.29, 1.82) is 0 Å². The second kappa shape index (κ2) is 7.28. The topological polar surface area (TPSA) is 55.8 Å². The Kier molecular flexibility index (Phi) is 5.41. The molecule has 0 spiro atoms. The number of carboxylic acids is 1. The van der Waals surface area contributed by atoms with Crippen LogP contribution in [0, 0.1) is 0 Å². The van der Waals surface area contributed by atoms with Crippen molar-refractivity contribution >= 4 is 39.3 Å². The van der Waals surface area contributed by atoms with E-state index in [4.69, 9.17) is 14.6 Å². The van der Waals surface area contributed by atoms with E-state index in [1.54, 1.807) is 36.6 Å². The first-order valence-corrected chi connectivity index (χ1v) is 7.66. The van der Waals surface area contributed by atoms with E-state index in [1.807, 2.05) is 12.1 Å². The van der Waals surface area contributed by atoms with E-state index in [1.165, 1.54) is 6.08 Å². The zero-order chi connectivity index (χ0) is 15.2. The maximum atomic E-state index is 10.7. The molecule has 0 aliphatic heterocycles. The van der Waals surface area contributed by atoms with Gasteiger partial charge in [0.15, 0.2) is 11.5 Å². The number of ether oxygens (including phenoxy) is 2. The minimum absolute atomic E-state index is 0.393. The van der Waals surface area contributed by atoms with E-state index < -0.39 is 5.97 Å². The molecule has 1 N–H and O–H groups in total. The second-order valence-electron chi connectivity index (χ2n) is 4.04. The number of hydrogen-bond acceptors (Lipinski definition) is 4. The number of methoxy groups -OCH3 is 1. The molecule has 0 atom stereocenters. The van der Waals surface area contributed by atoms with Gasteiger partial charge in [-0.1, -0.05) is 12.1 Å². The van der Waals surface area contributed by atoms with E-state index in [9.17, 15) is 4.79 Å². The maximum absolute atomic E-state index is 10.7. The summed E-state index contributed by atoms with van der Waals surface area (Å²) in [5, 5.41) is 8.74. The predicted molar refractivity (Wildman–Crippen MR) is 86.0 cm³/mol. The molecule has 0 saturated carbocycles. The van der Waals surface area contributed by atoms with Gasteiger partial charge in [0.05, 0.1) is 10.9 Å². The fraction of sp³-hybridized carbons (Fsp3) is 0.133. The number of halogens is 1. The molecule has 0 unspecified atom stereocenters. The smallest absolute Gasteiger partial charge is 0.328 e. The Labute approximate surface area is 134 Å². The van der Waals surface area contributed by atoms with Crippen LogP contribution in [0.2, 0.25) is 0 Å². The summed E-state index contributed by atoms with van der Waals surface area (Å²) in [5.74, 6) is 0.0890. The van der Waals surface area contributed by atoms with Crippen LogP contribution in [-0.2, 0) is 11.4 Å². The van der Waals surface area contributed by atoms with Crippen molar-refractivity contribution in [3.8, 4) is 11.5 Å². The summed E-state index contributed by atoms with van der Waals surface area (Å²) in [7, 11) is 1.55. The lowest BCUT2D eigenvalue weighted by atomic mass is 10.1. The first kappa shape index (κ1) is 15.6. The molecule has 0 bridgehead atoms. The maximum Gasteiger partial charge on any atom is 0.328 e. The van der Waals surface area contributed by atoms with Gasteiger partial charge in [0.25, 0.3) is 0 Å². The predicted octanol–water partition coefficient (Wildman–Crippen LogP) is 4.20. The Hall–Kier alpha value is -1.79. The van der Waals surface area contributed by atoms with Crippen molar-refractivity contribution in [3.05, 3.63) is 50.6 Å². The zero-order valence-electron chi connectivity index (χ0n) is 11.2. The van der Waals surface area contributed by atoms with Crippen molar-refractivity contribution in [2.24, 2.45) is 0 Å². The van der Waals surface area contributed by atoms with Crippen LogP contribution in [0.5, 0.6) is 11.5 Å². The van der Waals surface area contributed by atoms with Gasteiger partial charge in [0, 0.05) is 16.5 Å². The molecule has 0 fully saturated rings. The Bertz CT molecular complexity index is 663. The quantitative estimate of drug-likeness (QED) is 0.776. The number of carbonyl (C=O) groups is 1. The van der Waals surface area contributed by atoms with Crippen molar-refractivity contribution in [3.63, 3.8) is 0 Å². The van der Waals surface area contributed by atoms with Crippen molar-refractivity contribution < 1.29 is 19.4 Å². The van der Waals surface area contributed by atoms with Crippen molar-refractivity contribution in [1.82, 2.24) is 0 Å². The van der Waals surface area contributed by atoms with E-state index in [2.05, 4.69) is 15.9 Å². The molecule has 2 rings (SSSR count). The molecule has 1 heterocycles. The van der Waals surface area contributed by atoms with Crippen molar-refractivity contribution in [2.45, 2.75) is 6.61 Å². The SMILES string of the molecule is COc1cccc(/C=C/C(=O)O)c1OCc1ccc(Br)s1. The van der Waals surface area contributed by atoms with E-state index in [-0.39, 0.29) is 0 Å². The van der Waals surface area contributed by atoms with Gasteiger partial charge in [-0.2, -0.15) is 0 Å². The Morgan fingerprint density at radius 2 is 2.19 bits per heavy atom. The largest absolute Gasteiger partial charge is 0.493 e. The minimum Gasteiger partial charge on any atom is -0.493 e. The number of thiophene rings is 1. The molecule has 0 amide bonds. The Morgan fingerprint density at radius 3 is 2.81 bits per heavy atom. The monoisotopic (exact) mass is 368 g/mol. The molecule has 0 saturated heterocycles. The number of hydrogen-bond donors (Lipinski definition) is 1. The van der Waals surface area contributed by atoms with Crippen LogP contribution >= 0.6 is 27.3 Å². The van der Waals surface area contributed by atoms with Gasteiger partial charge in [-0.3, -0.25) is 0 Å².